The van der Waals surface area contributed by atoms with Gasteiger partial charge in [-0.2, -0.15) is 0 Å². The summed E-state index contributed by atoms with van der Waals surface area (Å²) >= 11 is 12.1. The average molecular weight is 502 g/mol. The Hall–Kier alpha value is -2.57. The quantitative estimate of drug-likeness (QED) is 0.622. The van der Waals surface area contributed by atoms with Crippen LogP contribution < -0.4 is 10.6 Å². The molecule has 2 fully saturated rings. The molecule has 0 aromatic heterocycles. The molecular formula is C26H29Cl2N3O3. The Morgan fingerprint density at radius 2 is 1.47 bits per heavy atom. The lowest BCUT2D eigenvalue weighted by atomic mass is 9.88. The highest BCUT2D eigenvalue weighted by molar-refractivity contribution is 6.36. The van der Waals surface area contributed by atoms with Gasteiger partial charge in [0.1, 0.15) is 0 Å². The minimum absolute atomic E-state index is 0.00230. The Kier molecular flexibility index (Phi) is 8.11. The number of carbonyl (C=O) groups excluding carboxylic acids is 3. The molecule has 8 heteroatoms. The Labute approximate surface area is 210 Å². The number of piperidine rings is 1. The fourth-order valence-corrected chi connectivity index (χ4v) is 5.29. The summed E-state index contributed by atoms with van der Waals surface area (Å²) in [7, 11) is 0. The number of carbonyl (C=O) groups is 3. The lowest BCUT2D eigenvalue weighted by Crippen LogP contribution is -2.55. The van der Waals surface area contributed by atoms with E-state index in [0.29, 0.717) is 47.1 Å². The van der Waals surface area contributed by atoms with E-state index in [9.17, 15) is 14.4 Å². The first-order chi connectivity index (χ1) is 16.4. The van der Waals surface area contributed by atoms with Gasteiger partial charge in [-0.05, 0) is 56.0 Å². The van der Waals surface area contributed by atoms with Gasteiger partial charge < -0.3 is 15.5 Å². The number of benzene rings is 2. The van der Waals surface area contributed by atoms with E-state index >= 15 is 0 Å². The average Bonchev–Trinajstić information content (AvgIpc) is 2.85. The molecule has 2 aromatic rings. The minimum atomic E-state index is -0.155. The number of nitrogens with one attached hydrogen (secondary N) is 2. The van der Waals surface area contributed by atoms with Crippen LogP contribution in [0, 0.1) is 5.92 Å². The SMILES string of the molecule is O=C(N[C@@H]1CCCC[C@H]1NC(=O)C1CCN(C(=O)c2ccc(Cl)cc2Cl)CC1)c1ccccc1. The summed E-state index contributed by atoms with van der Waals surface area (Å²) in [6.07, 6.45) is 4.93. The van der Waals surface area contributed by atoms with Crippen LogP contribution in [0.5, 0.6) is 0 Å². The Morgan fingerprint density at radius 1 is 0.824 bits per heavy atom. The molecule has 1 saturated carbocycles. The number of hydrogen-bond acceptors (Lipinski definition) is 3. The van der Waals surface area contributed by atoms with Gasteiger partial charge in [-0.15, -0.1) is 0 Å². The predicted molar refractivity (Wildman–Crippen MR) is 133 cm³/mol. The third-order valence-corrected chi connectivity index (χ3v) is 7.31. The van der Waals surface area contributed by atoms with Gasteiger partial charge in [0.15, 0.2) is 0 Å². The van der Waals surface area contributed by atoms with Crippen molar-refractivity contribution < 1.29 is 14.4 Å². The molecule has 180 valence electrons. The molecule has 1 heterocycles. The van der Waals surface area contributed by atoms with E-state index in [-0.39, 0.29) is 35.7 Å². The molecule has 4 rings (SSSR count). The maximum absolute atomic E-state index is 13.0. The summed E-state index contributed by atoms with van der Waals surface area (Å²) in [5, 5.41) is 7.12. The van der Waals surface area contributed by atoms with E-state index in [1.54, 1.807) is 35.2 Å². The van der Waals surface area contributed by atoms with Crippen molar-refractivity contribution in [3.05, 3.63) is 69.7 Å². The van der Waals surface area contributed by atoms with Crippen molar-refractivity contribution in [1.29, 1.82) is 0 Å². The smallest absolute Gasteiger partial charge is 0.255 e. The van der Waals surface area contributed by atoms with Crippen LogP contribution in [0.1, 0.15) is 59.2 Å². The van der Waals surface area contributed by atoms with E-state index in [1.807, 2.05) is 18.2 Å². The van der Waals surface area contributed by atoms with Gasteiger partial charge in [0, 0.05) is 41.7 Å². The second-order valence-electron chi connectivity index (χ2n) is 9.04. The summed E-state index contributed by atoms with van der Waals surface area (Å²) in [5.41, 5.74) is 1.05. The third-order valence-electron chi connectivity index (χ3n) is 6.76. The van der Waals surface area contributed by atoms with Crippen LogP contribution in [0.2, 0.25) is 10.0 Å². The first kappa shape index (κ1) is 24.6. The van der Waals surface area contributed by atoms with Crippen LogP contribution >= 0.6 is 23.2 Å². The summed E-state index contributed by atoms with van der Waals surface area (Å²) in [5.74, 6) is -0.407. The van der Waals surface area contributed by atoms with Crippen LogP contribution in [-0.2, 0) is 4.79 Å². The highest BCUT2D eigenvalue weighted by Crippen LogP contribution is 2.26. The van der Waals surface area contributed by atoms with E-state index < -0.39 is 0 Å². The van der Waals surface area contributed by atoms with E-state index in [4.69, 9.17) is 23.2 Å². The Morgan fingerprint density at radius 3 is 2.12 bits per heavy atom. The molecule has 34 heavy (non-hydrogen) atoms. The Balaban J connectivity index is 1.31. The molecule has 3 amide bonds. The zero-order valence-corrected chi connectivity index (χ0v) is 20.4. The van der Waals surface area contributed by atoms with E-state index in [0.717, 1.165) is 25.7 Å². The molecule has 0 spiro atoms. The predicted octanol–water partition coefficient (Wildman–Crippen LogP) is 4.70. The van der Waals surface area contributed by atoms with Gasteiger partial charge in [-0.3, -0.25) is 14.4 Å². The van der Waals surface area contributed by atoms with Crippen molar-refractivity contribution in [3.8, 4) is 0 Å². The van der Waals surface area contributed by atoms with Gasteiger partial charge in [0.2, 0.25) is 5.91 Å². The normalized spacial score (nSPS) is 21.1. The van der Waals surface area contributed by atoms with Gasteiger partial charge >= 0.3 is 0 Å². The van der Waals surface area contributed by atoms with Crippen LogP contribution in [0.15, 0.2) is 48.5 Å². The molecule has 2 aromatic carbocycles. The second-order valence-corrected chi connectivity index (χ2v) is 9.88. The van der Waals surface area contributed by atoms with Gasteiger partial charge in [-0.25, -0.2) is 0 Å². The lowest BCUT2D eigenvalue weighted by molar-refractivity contribution is -0.127. The topological polar surface area (TPSA) is 78.5 Å². The molecule has 1 aliphatic heterocycles. The molecule has 0 bridgehead atoms. The second kappa shape index (κ2) is 11.2. The molecule has 6 nitrogen and oxygen atoms in total. The maximum atomic E-state index is 13.0. The molecule has 1 aliphatic carbocycles. The van der Waals surface area contributed by atoms with Crippen LogP contribution in [-0.4, -0.2) is 47.8 Å². The van der Waals surface area contributed by atoms with Crippen molar-refractivity contribution in [2.45, 2.75) is 50.6 Å². The Bertz CT molecular complexity index is 1040. The largest absolute Gasteiger partial charge is 0.351 e. The summed E-state index contributed by atoms with van der Waals surface area (Å²) < 4.78 is 0. The van der Waals surface area contributed by atoms with Crippen molar-refractivity contribution in [1.82, 2.24) is 15.5 Å². The zero-order valence-electron chi connectivity index (χ0n) is 18.9. The van der Waals surface area contributed by atoms with Gasteiger partial charge in [-0.1, -0.05) is 54.2 Å². The molecule has 2 aliphatic rings. The molecular weight excluding hydrogens is 473 g/mol. The summed E-state index contributed by atoms with van der Waals surface area (Å²) in [6.45, 7) is 0.990. The van der Waals surface area contributed by atoms with Crippen molar-refractivity contribution in [2.75, 3.05) is 13.1 Å². The highest BCUT2D eigenvalue weighted by Gasteiger charge is 2.33. The minimum Gasteiger partial charge on any atom is -0.351 e. The van der Waals surface area contributed by atoms with Crippen LogP contribution in [0.25, 0.3) is 0 Å². The van der Waals surface area contributed by atoms with Crippen LogP contribution in [0.3, 0.4) is 0 Å². The van der Waals surface area contributed by atoms with Gasteiger partial charge in [0.25, 0.3) is 11.8 Å². The van der Waals surface area contributed by atoms with Crippen molar-refractivity contribution in [3.63, 3.8) is 0 Å². The number of amides is 3. The number of likely N-dealkylation sites (tertiary alicyclic amines) is 1. The van der Waals surface area contributed by atoms with Crippen LogP contribution in [0.4, 0.5) is 0 Å². The fraction of sp³-hybridized carbons (Fsp3) is 0.423. The number of hydrogen-bond donors (Lipinski definition) is 2. The highest BCUT2D eigenvalue weighted by atomic mass is 35.5. The number of halogens is 2. The van der Waals surface area contributed by atoms with Crippen molar-refractivity contribution in [2.24, 2.45) is 5.92 Å². The summed E-state index contributed by atoms with van der Waals surface area (Å²) in [6, 6.07) is 13.8. The lowest BCUT2D eigenvalue weighted by Gasteiger charge is -2.36. The fourth-order valence-electron chi connectivity index (χ4n) is 4.80. The monoisotopic (exact) mass is 501 g/mol. The molecule has 0 radical (unpaired) electrons. The zero-order chi connectivity index (χ0) is 24.1. The van der Waals surface area contributed by atoms with E-state index in [2.05, 4.69) is 10.6 Å². The number of rotatable bonds is 5. The number of nitrogens with zero attached hydrogens (tertiary/aromatic N) is 1. The van der Waals surface area contributed by atoms with E-state index in [1.165, 1.54) is 0 Å². The summed E-state index contributed by atoms with van der Waals surface area (Å²) in [4.78, 5) is 40.3. The first-order valence-electron chi connectivity index (χ1n) is 11.8. The molecule has 0 unspecified atom stereocenters. The van der Waals surface area contributed by atoms with Gasteiger partial charge in [0.05, 0.1) is 10.6 Å². The third kappa shape index (κ3) is 5.91. The standard InChI is InChI=1S/C26H29Cl2N3O3/c27-19-10-11-20(21(28)16-19)26(34)31-14-12-18(13-15-31)25(33)30-23-9-5-4-8-22(23)29-24(32)17-6-2-1-3-7-17/h1-3,6-7,10-11,16,18,22-23H,4-5,8-9,12-15H2,(H,29,32)(H,30,33)/t22-,23-/m1/s1. The maximum Gasteiger partial charge on any atom is 0.255 e. The van der Waals surface area contributed by atoms with Crippen molar-refractivity contribution >= 4 is 40.9 Å². The molecule has 2 atom stereocenters. The first-order valence-corrected chi connectivity index (χ1v) is 12.6. The molecule has 1 saturated heterocycles. The molecule has 2 N–H and O–H groups in total.